The standard InChI is InChI=1S/C23H30N2O4/c1-2-27-21-7-4-3-6-19(21)25-12-10-24(11-13-25)17-20(26)18-8-9-22-23(16-18)29-15-5-14-28-22/h3-4,6-9,16,20,26H,2,5,10-15,17H2,1H3/t20-/m0/s1. The number of hydrogen-bond donors (Lipinski definition) is 1. The van der Waals surface area contributed by atoms with E-state index in [0.717, 1.165) is 61.1 Å². The van der Waals surface area contributed by atoms with Crippen molar-refractivity contribution in [2.75, 3.05) is 57.4 Å². The summed E-state index contributed by atoms with van der Waals surface area (Å²) in [5.74, 6) is 2.44. The van der Waals surface area contributed by atoms with Gasteiger partial charge in [0.25, 0.3) is 0 Å². The number of rotatable bonds is 6. The first-order chi connectivity index (χ1) is 14.2. The molecule has 0 radical (unpaired) electrons. The van der Waals surface area contributed by atoms with Crippen LogP contribution in [0.15, 0.2) is 42.5 Å². The molecule has 2 aliphatic rings. The van der Waals surface area contributed by atoms with Crippen molar-refractivity contribution in [3.8, 4) is 17.2 Å². The van der Waals surface area contributed by atoms with Crippen LogP contribution in [0, 0.1) is 0 Å². The van der Waals surface area contributed by atoms with Gasteiger partial charge in [-0.1, -0.05) is 18.2 Å². The van der Waals surface area contributed by atoms with Crippen molar-refractivity contribution in [1.82, 2.24) is 4.90 Å². The second kappa shape index (κ2) is 9.37. The van der Waals surface area contributed by atoms with E-state index >= 15 is 0 Å². The minimum atomic E-state index is -0.547. The van der Waals surface area contributed by atoms with Crippen molar-refractivity contribution < 1.29 is 19.3 Å². The van der Waals surface area contributed by atoms with Gasteiger partial charge >= 0.3 is 0 Å². The molecular weight excluding hydrogens is 368 g/mol. The van der Waals surface area contributed by atoms with Gasteiger partial charge in [0.15, 0.2) is 11.5 Å². The molecule has 0 unspecified atom stereocenters. The van der Waals surface area contributed by atoms with Crippen LogP contribution in [0.4, 0.5) is 5.69 Å². The Morgan fingerprint density at radius 3 is 2.55 bits per heavy atom. The number of anilines is 1. The van der Waals surface area contributed by atoms with Crippen LogP contribution in [0.5, 0.6) is 17.2 Å². The van der Waals surface area contributed by atoms with Gasteiger partial charge in [-0.05, 0) is 36.8 Å². The molecule has 2 heterocycles. The average Bonchev–Trinajstić information content (AvgIpc) is 3.00. The molecule has 0 saturated carbocycles. The minimum Gasteiger partial charge on any atom is -0.492 e. The Balaban J connectivity index is 1.34. The predicted molar refractivity (Wildman–Crippen MR) is 113 cm³/mol. The van der Waals surface area contributed by atoms with Crippen molar-refractivity contribution in [2.45, 2.75) is 19.4 Å². The number of fused-ring (bicyclic) bond motifs is 1. The molecule has 0 bridgehead atoms. The lowest BCUT2D eigenvalue weighted by atomic mass is 10.1. The molecule has 156 valence electrons. The fourth-order valence-electron chi connectivity index (χ4n) is 3.90. The lowest BCUT2D eigenvalue weighted by molar-refractivity contribution is 0.109. The number of aliphatic hydroxyl groups is 1. The highest BCUT2D eigenvalue weighted by molar-refractivity contribution is 5.58. The minimum absolute atomic E-state index is 0.547. The van der Waals surface area contributed by atoms with Gasteiger partial charge in [0.2, 0.25) is 0 Å². The molecule has 0 spiro atoms. The van der Waals surface area contributed by atoms with Crippen LogP contribution in [0.3, 0.4) is 0 Å². The Hall–Kier alpha value is -2.44. The first kappa shape index (κ1) is 19.9. The number of aliphatic hydroxyl groups excluding tert-OH is 1. The van der Waals surface area contributed by atoms with Crippen molar-refractivity contribution in [3.63, 3.8) is 0 Å². The maximum Gasteiger partial charge on any atom is 0.161 e. The van der Waals surface area contributed by atoms with Crippen molar-refractivity contribution in [3.05, 3.63) is 48.0 Å². The lowest BCUT2D eigenvalue weighted by Gasteiger charge is -2.37. The number of nitrogens with zero attached hydrogens (tertiary/aromatic N) is 2. The molecule has 1 saturated heterocycles. The highest BCUT2D eigenvalue weighted by Gasteiger charge is 2.22. The Morgan fingerprint density at radius 2 is 1.76 bits per heavy atom. The number of piperazine rings is 1. The highest BCUT2D eigenvalue weighted by atomic mass is 16.5. The third kappa shape index (κ3) is 4.77. The third-order valence-electron chi connectivity index (χ3n) is 5.47. The fourth-order valence-corrected chi connectivity index (χ4v) is 3.90. The van der Waals surface area contributed by atoms with E-state index in [1.165, 1.54) is 0 Å². The molecule has 1 N–H and O–H groups in total. The first-order valence-electron chi connectivity index (χ1n) is 10.5. The summed E-state index contributed by atoms with van der Waals surface area (Å²) in [6.07, 6.45) is 0.331. The summed E-state index contributed by atoms with van der Waals surface area (Å²) < 4.78 is 17.2. The molecule has 2 aliphatic heterocycles. The largest absolute Gasteiger partial charge is 0.492 e. The SMILES string of the molecule is CCOc1ccccc1N1CCN(C[C@H](O)c2ccc3c(c2)OCCCO3)CC1. The zero-order valence-corrected chi connectivity index (χ0v) is 17.0. The number of ether oxygens (including phenoxy) is 3. The fraction of sp³-hybridized carbons (Fsp3) is 0.478. The number of benzene rings is 2. The normalized spacial score (nSPS) is 18.2. The summed E-state index contributed by atoms with van der Waals surface area (Å²) in [7, 11) is 0. The summed E-state index contributed by atoms with van der Waals surface area (Å²) in [5, 5.41) is 10.8. The molecule has 6 nitrogen and oxygen atoms in total. The molecule has 4 rings (SSSR count). The van der Waals surface area contributed by atoms with Gasteiger partial charge in [-0.15, -0.1) is 0 Å². The van der Waals surface area contributed by atoms with Crippen LogP contribution >= 0.6 is 0 Å². The second-order valence-corrected chi connectivity index (χ2v) is 7.46. The smallest absolute Gasteiger partial charge is 0.161 e. The molecule has 1 atom stereocenters. The van der Waals surface area contributed by atoms with E-state index in [4.69, 9.17) is 14.2 Å². The van der Waals surface area contributed by atoms with Gasteiger partial charge in [-0.2, -0.15) is 0 Å². The molecule has 2 aromatic rings. The summed E-state index contributed by atoms with van der Waals surface area (Å²) in [5.41, 5.74) is 2.02. The van der Waals surface area contributed by atoms with E-state index in [-0.39, 0.29) is 0 Å². The summed E-state index contributed by atoms with van der Waals surface area (Å²) in [6, 6.07) is 14.0. The zero-order chi connectivity index (χ0) is 20.1. The van der Waals surface area contributed by atoms with Crippen molar-refractivity contribution in [2.24, 2.45) is 0 Å². The molecule has 2 aromatic carbocycles. The van der Waals surface area contributed by atoms with Crippen LogP contribution in [0.1, 0.15) is 25.0 Å². The predicted octanol–water partition coefficient (Wildman–Crippen LogP) is 3.10. The number of para-hydroxylation sites is 2. The van der Waals surface area contributed by atoms with E-state index < -0.39 is 6.10 Å². The first-order valence-corrected chi connectivity index (χ1v) is 10.5. The van der Waals surface area contributed by atoms with Crippen molar-refractivity contribution >= 4 is 5.69 Å². The van der Waals surface area contributed by atoms with Crippen molar-refractivity contribution in [1.29, 1.82) is 0 Å². The topological polar surface area (TPSA) is 54.4 Å². The molecule has 1 fully saturated rings. The third-order valence-corrected chi connectivity index (χ3v) is 5.47. The summed E-state index contributed by atoms with van der Waals surface area (Å²) in [6.45, 7) is 8.25. The van der Waals surface area contributed by atoms with Crippen LogP contribution in [0.2, 0.25) is 0 Å². The van der Waals surface area contributed by atoms with Crippen LogP contribution < -0.4 is 19.1 Å². The molecule has 6 heteroatoms. The highest BCUT2D eigenvalue weighted by Crippen LogP contribution is 2.33. The van der Waals surface area contributed by atoms with Gasteiger partial charge in [0.1, 0.15) is 5.75 Å². The molecule has 0 aliphatic carbocycles. The Morgan fingerprint density at radius 1 is 1.00 bits per heavy atom. The van der Waals surface area contributed by atoms with E-state index in [1.807, 2.05) is 37.3 Å². The maximum atomic E-state index is 10.8. The van der Waals surface area contributed by atoms with E-state index in [0.29, 0.717) is 26.4 Å². The average molecular weight is 399 g/mol. The maximum absolute atomic E-state index is 10.8. The second-order valence-electron chi connectivity index (χ2n) is 7.46. The van der Waals surface area contributed by atoms with Crippen LogP contribution in [0.25, 0.3) is 0 Å². The van der Waals surface area contributed by atoms with Gasteiger partial charge < -0.3 is 24.2 Å². The Bertz CT molecular complexity index is 805. The lowest BCUT2D eigenvalue weighted by Crippen LogP contribution is -2.47. The Kier molecular flexibility index (Phi) is 6.42. The quantitative estimate of drug-likeness (QED) is 0.807. The molecular formula is C23H30N2O4. The van der Waals surface area contributed by atoms with Gasteiger partial charge in [-0.25, -0.2) is 0 Å². The summed E-state index contributed by atoms with van der Waals surface area (Å²) in [4.78, 5) is 4.68. The Labute approximate surface area is 172 Å². The van der Waals surface area contributed by atoms with E-state index in [9.17, 15) is 5.11 Å². The van der Waals surface area contributed by atoms with Gasteiger partial charge in [-0.3, -0.25) is 4.90 Å². The number of hydrogen-bond acceptors (Lipinski definition) is 6. The van der Waals surface area contributed by atoms with E-state index in [1.54, 1.807) is 0 Å². The molecule has 0 amide bonds. The molecule has 29 heavy (non-hydrogen) atoms. The monoisotopic (exact) mass is 398 g/mol. The van der Waals surface area contributed by atoms with Crippen LogP contribution in [-0.4, -0.2) is 62.6 Å². The number of β-amino-alcohol motifs (C(OH)–C–C–N with tert-alkyl or cyclic N) is 1. The van der Waals surface area contributed by atoms with E-state index in [2.05, 4.69) is 21.9 Å². The zero-order valence-electron chi connectivity index (χ0n) is 17.0. The van der Waals surface area contributed by atoms with Crippen LogP contribution in [-0.2, 0) is 0 Å². The molecule has 0 aromatic heterocycles. The van der Waals surface area contributed by atoms with Gasteiger partial charge in [0.05, 0.1) is 31.6 Å². The van der Waals surface area contributed by atoms with Gasteiger partial charge in [0, 0.05) is 39.1 Å². The summed E-state index contributed by atoms with van der Waals surface area (Å²) >= 11 is 0.